The fraction of sp³-hybridized carbons (Fsp3) is 0.0833. The van der Waals surface area contributed by atoms with E-state index in [1.807, 2.05) is 12.1 Å². The van der Waals surface area contributed by atoms with Gasteiger partial charge in [0.05, 0.1) is 11.2 Å². The molecule has 0 aliphatic carbocycles. The van der Waals surface area contributed by atoms with Gasteiger partial charge in [-0.1, -0.05) is 6.07 Å². The summed E-state index contributed by atoms with van der Waals surface area (Å²) in [6.07, 6.45) is 1.59. The Morgan fingerprint density at radius 2 is 2.17 bits per heavy atom. The number of nitrogen functional groups attached to an aromatic ring is 1. The monoisotopic (exact) mass is 242 g/mol. The Morgan fingerprint density at radius 1 is 1.33 bits per heavy atom. The molecular formula is C12H10N4O2. The van der Waals surface area contributed by atoms with E-state index in [-0.39, 0.29) is 11.7 Å². The van der Waals surface area contributed by atoms with Crippen LogP contribution in [0.1, 0.15) is 0 Å². The fourth-order valence-corrected chi connectivity index (χ4v) is 1.83. The zero-order valence-electron chi connectivity index (χ0n) is 9.62. The molecule has 0 amide bonds. The molecule has 90 valence electrons. The highest BCUT2D eigenvalue weighted by Crippen LogP contribution is 2.22. The summed E-state index contributed by atoms with van der Waals surface area (Å²) in [5, 5.41) is 0. The lowest BCUT2D eigenvalue weighted by Crippen LogP contribution is -2.08. The van der Waals surface area contributed by atoms with Crippen LogP contribution in [-0.2, 0) is 7.05 Å². The Morgan fingerprint density at radius 3 is 2.94 bits per heavy atom. The minimum Gasteiger partial charge on any atom is -0.408 e. The van der Waals surface area contributed by atoms with E-state index in [1.165, 1.54) is 4.57 Å². The molecule has 2 heterocycles. The predicted molar refractivity (Wildman–Crippen MR) is 66.9 cm³/mol. The highest BCUT2D eigenvalue weighted by molar-refractivity contribution is 5.79. The Hall–Kier alpha value is -2.63. The Balaban J connectivity index is 2.22. The van der Waals surface area contributed by atoms with Gasteiger partial charge in [-0.2, -0.15) is 0 Å². The second-order valence-electron chi connectivity index (χ2n) is 3.91. The molecule has 1 aromatic carbocycles. The van der Waals surface area contributed by atoms with Gasteiger partial charge in [0.1, 0.15) is 0 Å². The van der Waals surface area contributed by atoms with Crippen molar-refractivity contribution in [3.05, 3.63) is 41.0 Å². The van der Waals surface area contributed by atoms with Crippen LogP contribution in [0.25, 0.3) is 22.4 Å². The summed E-state index contributed by atoms with van der Waals surface area (Å²) < 4.78 is 6.58. The summed E-state index contributed by atoms with van der Waals surface area (Å²) in [5.41, 5.74) is 8.32. The van der Waals surface area contributed by atoms with Crippen LogP contribution >= 0.6 is 0 Å². The lowest BCUT2D eigenvalue weighted by atomic mass is 10.1. The van der Waals surface area contributed by atoms with Crippen LogP contribution in [0.5, 0.6) is 0 Å². The van der Waals surface area contributed by atoms with E-state index < -0.39 is 0 Å². The van der Waals surface area contributed by atoms with Crippen molar-refractivity contribution in [1.82, 2.24) is 14.5 Å². The van der Waals surface area contributed by atoms with Crippen molar-refractivity contribution in [1.29, 1.82) is 0 Å². The average molecular weight is 242 g/mol. The number of hydrogen-bond acceptors (Lipinski definition) is 5. The fourth-order valence-electron chi connectivity index (χ4n) is 1.83. The smallest absolute Gasteiger partial charge is 0.408 e. The first-order chi connectivity index (χ1) is 8.65. The quantitative estimate of drug-likeness (QED) is 0.692. The number of aryl methyl sites for hydroxylation is 1. The molecule has 0 saturated carbocycles. The summed E-state index contributed by atoms with van der Waals surface area (Å²) in [6.45, 7) is 0. The van der Waals surface area contributed by atoms with Crippen LogP contribution in [0, 0.1) is 0 Å². The second-order valence-corrected chi connectivity index (χ2v) is 3.91. The second kappa shape index (κ2) is 3.69. The molecule has 2 N–H and O–H groups in total. The van der Waals surface area contributed by atoms with Gasteiger partial charge >= 0.3 is 5.76 Å². The van der Waals surface area contributed by atoms with Gasteiger partial charge in [0.2, 0.25) is 5.95 Å². The summed E-state index contributed by atoms with van der Waals surface area (Å²) in [5.74, 6) is -0.175. The largest absolute Gasteiger partial charge is 0.419 e. The topological polar surface area (TPSA) is 86.9 Å². The molecule has 0 aliphatic rings. The van der Waals surface area contributed by atoms with Gasteiger partial charge < -0.3 is 10.2 Å². The molecule has 0 unspecified atom stereocenters. The number of fused-ring (bicyclic) bond motifs is 1. The minimum absolute atomic E-state index is 0.210. The number of oxazole rings is 1. The molecule has 0 radical (unpaired) electrons. The minimum atomic E-state index is -0.385. The number of rotatable bonds is 1. The van der Waals surface area contributed by atoms with E-state index in [1.54, 1.807) is 25.4 Å². The Kier molecular flexibility index (Phi) is 2.16. The highest BCUT2D eigenvalue weighted by Gasteiger charge is 2.08. The van der Waals surface area contributed by atoms with Crippen LogP contribution in [-0.4, -0.2) is 14.5 Å². The number of anilines is 1. The van der Waals surface area contributed by atoms with Crippen molar-refractivity contribution in [2.45, 2.75) is 0 Å². The van der Waals surface area contributed by atoms with E-state index in [9.17, 15) is 4.79 Å². The molecule has 0 saturated heterocycles. The first-order valence-corrected chi connectivity index (χ1v) is 5.33. The standard InChI is InChI=1S/C12H10N4O2/c1-16-9-3-2-7(6-10(9)18-12(16)17)8-4-5-14-11(13)15-8/h2-6H,1H3,(H2,13,14,15). The molecule has 6 nitrogen and oxygen atoms in total. The molecule has 0 atom stereocenters. The molecule has 18 heavy (non-hydrogen) atoms. The lowest BCUT2D eigenvalue weighted by molar-refractivity contribution is 0.528. The first-order valence-electron chi connectivity index (χ1n) is 5.33. The summed E-state index contributed by atoms with van der Waals surface area (Å²) in [4.78, 5) is 19.3. The molecule has 3 rings (SSSR count). The van der Waals surface area contributed by atoms with Crippen molar-refractivity contribution in [2.24, 2.45) is 7.05 Å². The molecule has 3 aromatic rings. The number of hydrogen-bond donors (Lipinski definition) is 1. The van der Waals surface area contributed by atoms with Crippen molar-refractivity contribution < 1.29 is 4.42 Å². The number of benzene rings is 1. The normalized spacial score (nSPS) is 10.9. The average Bonchev–Trinajstić information content (AvgIpc) is 2.65. The van der Waals surface area contributed by atoms with E-state index in [0.29, 0.717) is 11.3 Å². The number of nitrogens with two attached hydrogens (primary N) is 1. The maximum Gasteiger partial charge on any atom is 0.419 e. The summed E-state index contributed by atoms with van der Waals surface area (Å²) in [7, 11) is 1.66. The third-order valence-corrected chi connectivity index (χ3v) is 2.76. The number of nitrogens with zero attached hydrogens (tertiary/aromatic N) is 3. The van der Waals surface area contributed by atoms with Gasteiger partial charge in [-0.25, -0.2) is 14.8 Å². The third kappa shape index (κ3) is 1.55. The van der Waals surface area contributed by atoms with Crippen molar-refractivity contribution >= 4 is 17.0 Å². The van der Waals surface area contributed by atoms with Crippen LogP contribution < -0.4 is 11.5 Å². The van der Waals surface area contributed by atoms with Gasteiger partial charge in [0.25, 0.3) is 0 Å². The van der Waals surface area contributed by atoms with Crippen molar-refractivity contribution in [3.63, 3.8) is 0 Å². The van der Waals surface area contributed by atoms with E-state index >= 15 is 0 Å². The van der Waals surface area contributed by atoms with Gasteiger partial charge in [-0.05, 0) is 18.2 Å². The molecule has 0 fully saturated rings. The molecule has 0 aliphatic heterocycles. The predicted octanol–water partition coefficient (Wildman–Crippen LogP) is 1.17. The van der Waals surface area contributed by atoms with Gasteiger partial charge in [0, 0.05) is 18.8 Å². The Bertz CT molecular complexity index is 788. The molecule has 0 spiro atoms. The maximum atomic E-state index is 11.4. The third-order valence-electron chi connectivity index (χ3n) is 2.76. The van der Waals surface area contributed by atoms with Crippen molar-refractivity contribution in [2.75, 3.05) is 5.73 Å². The van der Waals surface area contributed by atoms with E-state index in [4.69, 9.17) is 10.2 Å². The summed E-state index contributed by atoms with van der Waals surface area (Å²) in [6, 6.07) is 7.18. The SMILES string of the molecule is Cn1c(=O)oc2cc(-c3ccnc(N)n3)ccc21. The van der Waals surface area contributed by atoms with Crippen LogP contribution in [0.4, 0.5) is 5.95 Å². The zero-order valence-corrected chi connectivity index (χ0v) is 9.62. The maximum absolute atomic E-state index is 11.4. The lowest BCUT2D eigenvalue weighted by Gasteiger charge is -2.01. The van der Waals surface area contributed by atoms with E-state index in [2.05, 4.69) is 9.97 Å². The van der Waals surface area contributed by atoms with Gasteiger partial charge in [-0.3, -0.25) is 4.57 Å². The van der Waals surface area contributed by atoms with Crippen molar-refractivity contribution in [3.8, 4) is 11.3 Å². The Labute approximate surface area is 102 Å². The molecule has 6 heteroatoms. The molecule has 2 aromatic heterocycles. The van der Waals surface area contributed by atoms with Gasteiger partial charge in [-0.15, -0.1) is 0 Å². The molecular weight excluding hydrogens is 232 g/mol. The van der Waals surface area contributed by atoms with E-state index in [0.717, 1.165) is 11.1 Å². The van der Waals surface area contributed by atoms with Crippen LogP contribution in [0.2, 0.25) is 0 Å². The van der Waals surface area contributed by atoms with Crippen LogP contribution in [0.15, 0.2) is 39.7 Å². The highest BCUT2D eigenvalue weighted by atomic mass is 16.4. The zero-order chi connectivity index (χ0) is 12.7. The number of aromatic nitrogens is 3. The molecule has 0 bridgehead atoms. The summed E-state index contributed by atoms with van der Waals surface area (Å²) >= 11 is 0. The first kappa shape index (κ1) is 10.5. The van der Waals surface area contributed by atoms with Crippen LogP contribution in [0.3, 0.4) is 0 Å². The van der Waals surface area contributed by atoms with Gasteiger partial charge in [0.15, 0.2) is 5.58 Å².